The number of nitrogens with zero attached hydrogens (tertiary/aromatic N) is 3. The van der Waals surface area contributed by atoms with Crippen molar-refractivity contribution in [2.75, 3.05) is 65.7 Å². The SMILES string of the molecule is CC.CC.CC.CC.CC(C)C1CCOCC1.CC(C)N1CCCCC1.CC(C)N1CCCCC1.CC(C)N1CCOCC1. The maximum absolute atomic E-state index is 5.25. The molecule has 0 radical (unpaired) electrons. The van der Waals surface area contributed by atoms with E-state index in [4.69, 9.17) is 9.47 Å². The molecule has 0 spiro atoms. The summed E-state index contributed by atoms with van der Waals surface area (Å²) in [5.74, 6) is 1.78. The molecule has 44 heavy (non-hydrogen) atoms. The molecule has 0 N–H and O–H groups in total. The van der Waals surface area contributed by atoms with Crippen LogP contribution in [0.25, 0.3) is 0 Å². The normalized spacial score (nSPS) is 19.4. The van der Waals surface area contributed by atoms with Gasteiger partial charge in [-0.15, -0.1) is 0 Å². The van der Waals surface area contributed by atoms with Crippen molar-refractivity contribution >= 4 is 0 Å². The Balaban J connectivity index is -0.000000225. The molecule has 0 atom stereocenters. The van der Waals surface area contributed by atoms with Gasteiger partial charge in [-0.2, -0.15) is 0 Å². The quantitative estimate of drug-likeness (QED) is 0.308. The standard InChI is InChI=1S/2C8H17N.C8H16O.C7H15NO.4C2H6/c2*1-8(2)9-6-4-3-5-7-9;2*1-7(2)8-3-5-9-6-4-8;4*1-2/h2*8H,3-7H2,1-2H3;7-8H,3-6H2,1-2H3;7H,3-6H2,1-2H3;4*1-2H3. The van der Waals surface area contributed by atoms with Crippen LogP contribution in [0.2, 0.25) is 0 Å². The Bertz CT molecular complexity index is 388. The highest BCUT2D eigenvalue weighted by Gasteiger charge is 2.16. The lowest BCUT2D eigenvalue weighted by Gasteiger charge is -2.29. The van der Waals surface area contributed by atoms with Gasteiger partial charge < -0.3 is 19.3 Å². The third-order valence-corrected chi connectivity index (χ3v) is 8.23. The van der Waals surface area contributed by atoms with E-state index in [0.29, 0.717) is 6.04 Å². The van der Waals surface area contributed by atoms with Gasteiger partial charge in [-0.3, -0.25) is 4.90 Å². The Hall–Kier alpha value is -0.200. The Morgan fingerprint density at radius 2 is 0.659 bits per heavy atom. The van der Waals surface area contributed by atoms with Gasteiger partial charge in [0.05, 0.1) is 13.2 Å². The molecule has 5 nitrogen and oxygen atoms in total. The summed E-state index contributed by atoms with van der Waals surface area (Å²) in [7, 11) is 0. The largest absolute Gasteiger partial charge is 0.381 e. The van der Waals surface area contributed by atoms with Gasteiger partial charge in [0.15, 0.2) is 0 Å². The van der Waals surface area contributed by atoms with Crippen molar-refractivity contribution in [1.29, 1.82) is 0 Å². The van der Waals surface area contributed by atoms with Gasteiger partial charge in [-0.05, 0) is 118 Å². The van der Waals surface area contributed by atoms with Crippen LogP contribution in [0.1, 0.15) is 162 Å². The third-order valence-electron chi connectivity index (χ3n) is 8.23. The first kappa shape index (κ1) is 50.7. The summed E-state index contributed by atoms with van der Waals surface area (Å²) in [6.45, 7) is 45.5. The lowest BCUT2D eigenvalue weighted by Crippen LogP contribution is -2.40. The average molecular weight is 632 g/mol. The van der Waals surface area contributed by atoms with E-state index in [1.165, 1.54) is 77.5 Å². The van der Waals surface area contributed by atoms with Gasteiger partial charge in [0.2, 0.25) is 0 Å². The van der Waals surface area contributed by atoms with Crippen LogP contribution >= 0.6 is 0 Å². The van der Waals surface area contributed by atoms with E-state index in [1.54, 1.807) is 0 Å². The van der Waals surface area contributed by atoms with Crippen molar-refractivity contribution < 1.29 is 9.47 Å². The van der Waals surface area contributed by atoms with E-state index in [-0.39, 0.29) is 0 Å². The third kappa shape index (κ3) is 30.5. The van der Waals surface area contributed by atoms with Crippen LogP contribution in [0, 0.1) is 11.8 Å². The highest BCUT2D eigenvalue weighted by Crippen LogP contribution is 2.22. The van der Waals surface area contributed by atoms with Crippen LogP contribution in [-0.4, -0.2) is 98.5 Å². The average Bonchev–Trinajstić information content (AvgIpc) is 3.11. The first-order chi connectivity index (χ1) is 21.2. The van der Waals surface area contributed by atoms with E-state index >= 15 is 0 Å². The molecule has 4 aliphatic rings. The Kier molecular flexibility index (Phi) is 44.9. The second kappa shape index (κ2) is 39.0. The molecular weight excluding hydrogens is 542 g/mol. The van der Waals surface area contributed by atoms with Gasteiger partial charge in [-0.25, -0.2) is 0 Å². The lowest BCUT2D eigenvalue weighted by molar-refractivity contribution is 0.0238. The smallest absolute Gasteiger partial charge is 0.0594 e. The monoisotopic (exact) mass is 632 g/mol. The number of rotatable bonds is 4. The van der Waals surface area contributed by atoms with Crippen LogP contribution in [-0.2, 0) is 9.47 Å². The molecule has 4 saturated heterocycles. The zero-order chi connectivity index (χ0) is 34.8. The van der Waals surface area contributed by atoms with Gasteiger partial charge in [0, 0.05) is 44.4 Å². The van der Waals surface area contributed by atoms with Crippen LogP contribution < -0.4 is 0 Å². The van der Waals surface area contributed by atoms with Crippen molar-refractivity contribution in [3.8, 4) is 0 Å². The Morgan fingerprint density at radius 1 is 0.386 bits per heavy atom. The number of hydrogen-bond donors (Lipinski definition) is 0. The van der Waals surface area contributed by atoms with Gasteiger partial charge in [-0.1, -0.05) is 82.1 Å². The van der Waals surface area contributed by atoms with Crippen molar-refractivity contribution in [2.24, 2.45) is 11.8 Å². The number of likely N-dealkylation sites (tertiary alicyclic amines) is 2. The fourth-order valence-electron chi connectivity index (χ4n) is 5.35. The molecule has 0 saturated carbocycles. The highest BCUT2D eigenvalue weighted by atomic mass is 16.5. The molecule has 4 heterocycles. The molecule has 0 bridgehead atoms. The topological polar surface area (TPSA) is 28.2 Å². The maximum atomic E-state index is 5.25. The molecule has 4 aliphatic heterocycles. The van der Waals surface area contributed by atoms with Gasteiger partial charge in [0.1, 0.15) is 0 Å². The predicted molar refractivity (Wildman–Crippen MR) is 202 cm³/mol. The summed E-state index contributed by atoms with van der Waals surface area (Å²) in [6.07, 6.45) is 11.1. The number of ether oxygens (including phenoxy) is 2. The first-order valence-electron chi connectivity index (χ1n) is 19.6. The van der Waals surface area contributed by atoms with Crippen LogP contribution in [0.15, 0.2) is 0 Å². The predicted octanol–water partition coefficient (Wildman–Crippen LogP) is 10.7. The number of hydrogen-bond acceptors (Lipinski definition) is 5. The minimum absolute atomic E-state index is 0.689. The molecule has 5 heteroatoms. The molecule has 0 unspecified atom stereocenters. The Morgan fingerprint density at radius 3 is 0.864 bits per heavy atom. The van der Waals surface area contributed by atoms with Crippen LogP contribution in [0.3, 0.4) is 0 Å². The highest BCUT2D eigenvalue weighted by molar-refractivity contribution is 4.68. The van der Waals surface area contributed by atoms with Crippen LogP contribution in [0.4, 0.5) is 0 Å². The minimum Gasteiger partial charge on any atom is -0.381 e. The van der Waals surface area contributed by atoms with E-state index in [0.717, 1.165) is 63.4 Å². The molecule has 0 amide bonds. The van der Waals surface area contributed by atoms with Crippen molar-refractivity contribution in [3.05, 3.63) is 0 Å². The van der Waals surface area contributed by atoms with Gasteiger partial charge >= 0.3 is 0 Å². The zero-order valence-electron chi connectivity index (χ0n) is 33.8. The molecule has 272 valence electrons. The van der Waals surface area contributed by atoms with Crippen molar-refractivity contribution in [1.82, 2.24) is 14.7 Å². The second-order valence-corrected chi connectivity index (χ2v) is 12.3. The lowest BCUT2D eigenvalue weighted by atomic mass is 9.89. The fraction of sp³-hybridized carbons (Fsp3) is 1.00. The summed E-state index contributed by atoms with van der Waals surface area (Å²) < 4.78 is 10.5. The second-order valence-electron chi connectivity index (χ2n) is 12.3. The Labute approximate surface area is 281 Å². The van der Waals surface area contributed by atoms with E-state index in [1.807, 2.05) is 55.4 Å². The number of morpholine rings is 1. The number of piperidine rings is 2. The molecule has 0 aromatic heterocycles. The minimum atomic E-state index is 0.689. The molecular formula is C39H89N3O2. The van der Waals surface area contributed by atoms with Crippen LogP contribution in [0.5, 0.6) is 0 Å². The molecule has 0 aliphatic carbocycles. The first-order valence-corrected chi connectivity index (χ1v) is 19.6. The van der Waals surface area contributed by atoms with Gasteiger partial charge in [0.25, 0.3) is 0 Å². The summed E-state index contributed by atoms with van der Waals surface area (Å²) in [5, 5.41) is 0. The zero-order valence-corrected chi connectivity index (χ0v) is 33.8. The van der Waals surface area contributed by atoms with Crippen molar-refractivity contribution in [3.63, 3.8) is 0 Å². The van der Waals surface area contributed by atoms with E-state index in [2.05, 4.69) is 70.1 Å². The fourth-order valence-corrected chi connectivity index (χ4v) is 5.35. The molecule has 0 aromatic carbocycles. The van der Waals surface area contributed by atoms with E-state index < -0.39 is 0 Å². The maximum Gasteiger partial charge on any atom is 0.0594 e. The summed E-state index contributed by atoms with van der Waals surface area (Å²) in [4.78, 5) is 7.55. The van der Waals surface area contributed by atoms with Crippen molar-refractivity contribution in [2.45, 2.75) is 180 Å². The molecule has 4 fully saturated rings. The molecule has 4 rings (SSSR count). The van der Waals surface area contributed by atoms with E-state index in [9.17, 15) is 0 Å². The summed E-state index contributed by atoms with van der Waals surface area (Å²) in [6, 6.07) is 2.23. The summed E-state index contributed by atoms with van der Waals surface area (Å²) in [5.41, 5.74) is 0. The molecule has 0 aromatic rings. The summed E-state index contributed by atoms with van der Waals surface area (Å²) >= 11 is 0.